The summed E-state index contributed by atoms with van der Waals surface area (Å²) in [4.78, 5) is 37.5. The molecule has 0 saturated carbocycles. The first kappa shape index (κ1) is 16.1. The maximum atomic E-state index is 12.7. The molecular formula is C20H20O5. The monoisotopic (exact) mass is 340 g/mol. The third-order valence-corrected chi connectivity index (χ3v) is 5.84. The summed E-state index contributed by atoms with van der Waals surface area (Å²) in [6.45, 7) is 5.41. The summed E-state index contributed by atoms with van der Waals surface area (Å²) in [7, 11) is 0. The summed E-state index contributed by atoms with van der Waals surface area (Å²) in [5, 5.41) is 10.7. The highest BCUT2D eigenvalue weighted by Crippen LogP contribution is 2.53. The van der Waals surface area contributed by atoms with Gasteiger partial charge in [0.2, 0.25) is 11.6 Å². The Kier molecular flexibility index (Phi) is 3.24. The predicted octanol–water partition coefficient (Wildman–Crippen LogP) is 2.74. The van der Waals surface area contributed by atoms with E-state index in [9.17, 15) is 19.5 Å². The Labute approximate surface area is 145 Å². The van der Waals surface area contributed by atoms with Crippen molar-refractivity contribution >= 4 is 17.5 Å². The number of aliphatic hydroxyl groups excluding tert-OH is 1. The van der Waals surface area contributed by atoms with Gasteiger partial charge < -0.3 is 9.84 Å². The minimum Gasteiger partial charge on any atom is -0.507 e. The SMILES string of the molecule is CC(C)C1=C(O)C2=CC3OC(=O)C4(C)CCC=C(C=C2C(=O)C1=O)C34. The number of hydrogen-bond acceptors (Lipinski definition) is 5. The minimum absolute atomic E-state index is 0.124. The first-order valence-corrected chi connectivity index (χ1v) is 8.63. The quantitative estimate of drug-likeness (QED) is 0.586. The Morgan fingerprint density at radius 2 is 1.92 bits per heavy atom. The van der Waals surface area contributed by atoms with Crippen molar-refractivity contribution < 1.29 is 24.2 Å². The fourth-order valence-electron chi connectivity index (χ4n) is 4.50. The highest BCUT2D eigenvalue weighted by atomic mass is 16.6. The normalized spacial score (nSPS) is 34.1. The number of ketones is 2. The van der Waals surface area contributed by atoms with E-state index in [1.165, 1.54) is 0 Å². The third kappa shape index (κ3) is 1.98. The predicted molar refractivity (Wildman–Crippen MR) is 89.5 cm³/mol. The van der Waals surface area contributed by atoms with Crippen molar-refractivity contribution in [1.82, 2.24) is 0 Å². The van der Waals surface area contributed by atoms with E-state index in [0.29, 0.717) is 18.4 Å². The molecule has 25 heavy (non-hydrogen) atoms. The van der Waals surface area contributed by atoms with E-state index in [1.54, 1.807) is 26.0 Å². The molecule has 0 radical (unpaired) electrons. The van der Waals surface area contributed by atoms with Crippen LogP contribution in [-0.4, -0.2) is 28.7 Å². The number of fused-ring (bicyclic) bond motifs is 1. The fraction of sp³-hybridized carbons (Fsp3) is 0.450. The zero-order valence-electron chi connectivity index (χ0n) is 14.5. The van der Waals surface area contributed by atoms with Crippen molar-refractivity contribution in [3.05, 3.63) is 46.3 Å². The molecule has 3 atom stereocenters. The van der Waals surface area contributed by atoms with Gasteiger partial charge >= 0.3 is 5.97 Å². The number of esters is 1. The second kappa shape index (κ2) is 5.04. The Bertz CT molecular complexity index is 851. The molecule has 3 aliphatic carbocycles. The van der Waals surface area contributed by atoms with Crippen LogP contribution in [0.25, 0.3) is 0 Å². The van der Waals surface area contributed by atoms with Gasteiger partial charge in [0.1, 0.15) is 11.9 Å². The van der Waals surface area contributed by atoms with Crippen LogP contribution in [0.2, 0.25) is 0 Å². The highest BCUT2D eigenvalue weighted by Gasteiger charge is 2.56. The number of ether oxygens (including phenoxy) is 1. The van der Waals surface area contributed by atoms with Crippen molar-refractivity contribution in [2.45, 2.75) is 39.7 Å². The Morgan fingerprint density at radius 3 is 2.60 bits per heavy atom. The zero-order chi connectivity index (χ0) is 18.1. The molecule has 3 unspecified atom stereocenters. The van der Waals surface area contributed by atoms with E-state index in [1.807, 2.05) is 13.0 Å². The lowest BCUT2D eigenvalue weighted by Crippen LogP contribution is -2.34. The van der Waals surface area contributed by atoms with Crippen LogP contribution in [-0.2, 0) is 19.1 Å². The Balaban J connectivity index is 1.96. The first-order chi connectivity index (χ1) is 11.8. The van der Waals surface area contributed by atoms with E-state index in [2.05, 4.69) is 0 Å². The summed E-state index contributed by atoms with van der Waals surface area (Å²) in [6.07, 6.45) is 6.18. The average Bonchev–Trinajstić information content (AvgIpc) is 2.69. The first-order valence-electron chi connectivity index (χ1n) is 8.63. The van der Waals surface area contributed by atoms with Crippen molar-refractivity contribution in [2.75, 3.05) is 0 Å². The fourth-order valence-corrected chi connectivity index (χ4v) is 4.50. The van der Waals surface area contributed by atoms with Gasteiger partial charge in [0.25, 0.3) is 0 Å². The van der Waals surface area contributed by atoms with Crippen LogP contribution in [0, 0.1) is 17.3 Å². The number of carbonyl (C=O) groups excluding carboxylic acids is 3. The van der Waals surface area contributed by atoms with E-state index < -0.39 is 23.1 Å². The largest absolute Gasteiger partial charge is 0.507 e. The molecule has 1 heterocycles. The number of carbonyl (C=O) groups is 3. The molecule has 0 aromatic heterocycles. The average molecular weight is 340 g/mol. The lowest BCUT2D eigenvalue weighted by Gasteiger charge is -2.32. The Hall–Kier alpha value is -2.43. The van der Waals surface area contributed by atoms with Crippen LogP contribution in [0.4, 0.5) is 0 Å². The smallest absolute Gasteiger partial charge is 0.313 e. The van der Waals surface area contributed by atoms with Gasteiger partial charge in [-0.25, -0.2) is 0 Å². The van der Waals surface area contributed by atoms with Gasteiger partial charge in [0.15, 0.2) is 0 Å². The topological polar surface area (TPSA) is 80.7 Å². The van der Waals surface area contributed by atoms with Crippen LogP contribution in [0.1, 0.15) is 33.6 Å². The van der Waals surface area contributed by atoms with Gasteiger partial charge in [-0.05, 0) is 43.4 Å². The second-order valence-electron chi connectivity index (χ2n) is 7.72. The van der Waals surface area contributed by atoms with E-state index >= 15 is 0 Å². The van der Waals surface area contributed by atoms with Crippen LogP contribution in [0.3, 0.4) is 0 Å². The van der Waals surface area contributed by atoms with Crippen molar-refractivity contribution in [3.63, 3.8) is 0 Å². The maximum absolute atomic E-state index is 12.7. The number of rotatable bonds is 1. The third-order valence-electron chi connectivity index (χ3n) is 5.84. The molecule has 0 aromatic rings. The van der Waals surface area contributed by atoms with Crippen LogP contribution in [0.5, 0.6) is 0 Å². The number of hydrogen-bond donors (Lipinski definition) is 1. The number of aliphatic hydroxyl groups is 1. The molecule has 0 amide bonds. The molecule has 1 N–H and O–H groups in total. The molecule has 5 nitrogen and oxygen atoms in total. The van der Waals surface area contributed by atoms with Crippen molar-refractivity contribution in [1.29, 1.82) is 0 Å². The highest BCUT2D eigenvalue weighted by molar-refractivity contribution is 6.51. The lowest BCUT2D eigenvalue weighted by molar-refractivity contribution is -0.147. The molecule has 130 valence electrons. The summed E-state index contributed by atoms with van der Waals surface area (Å²) in [5.41, 5.74) is 0.842. The number of Topliss-reactive ketones (excluding diaryl/α,β-unsaturated/α-hetero) is 2. The molecule has 1 fully saturated rings. The second-order valence-corrected chi connectivity index (χ2v) is 7.72. The zero-order valence-corrected chi connectivity index (χ0v) is 14.5. The van der Waals surface area contributed by atoms with Crippen LogP contribution < -0.4 is 0 Å². The van der Waals surface area contributed by atoms with Crippen molar-refractivity contribution in [3.8, 4) is 0 Å². The van der Waals surface area contributed by atoms with E-state index in [-0.39, 0.29) is 34.7 Å². The Morgan fingerprint density at radius 1 is 1.20 bits per heavy atom. The molecule has 0 bridgehead atoms. The molecule has 0 aromatic carbocycles. The van der Waals surface area contributed by atoms with Crippen molar-refractivity contribution in [2.24, 2.45) is 17.3 Å². The van der Waals surface area contributed by atoms with Crippen LogP contribution >= 0.6 is 0 Å². The molecule has 4 rings (SSSR count). The summed E-state index contributed by atoms with van der Waals surface area (Å²) >= 11 is 0. The molecule has 1 aliphatic heterocycles. The summed E-state index contributed by atoms with van der Waals surface area (Å²) in [6, 6.07) is 0. The molecular weight excluding hydrogens is 320 g/mol. The van der Waals surface area contributed by atoms with Crippen LogP contribution in [0.15, 0.2) is 46.3 Å². The van der Waals surface area contributed by atoms with Gasteiger partial charge in [0, 0.05) is 22.6 Å². The van der Waals surface area contributed by atoms with Gasteiger partial charge in [-0.2, -0.15) is 0 Å². The minimum atomic E-state index is -0.654. The summed E-state index contributed by atoms with van der Waals surface area (Å²) in [5.74, 6) is -2.15. The molecule has 0 spiro atoms. The molecule has 5 heteroatoms. The summed E-state index contributed by atoms with van der Waals surface area (Å²) < 4.78 is 5.60. The van der Waals surface area contributed by atoms with Gasteiger partial charge in [-0.3, -0.25) is 14.4 Å². The lowest BCUT2D eigenvalue weighted by atomic mass is 9.67. The molecule has 1 saturated heterocycles. The maximum Gasteiger partial charge on any atom is 0.313 e. The number of allylic oxidation sites excluding steroid dienone is 4. The van der Waals surface area contributed by atoms with E-state index in [4.69, 9.17) is 4.74 Å². The van der Waals surface area contributed by atoms with E-state index in [0.717, 1.165) is 5.57 Å². The van der Waals surface area contributed by atoms with Gasteiger partial charge in [-0.15, -0.1) is 0 Å². The molecule has 4 aliphatic rings. The van der Waals surface area contributed by atoms with Gasteiger partial charge in [-0.1, -0.05) is 19.9 Å². The standard InChI is InChI=1S/C20H20O5/c1-9(2)14-16(21)12-8-13-15-10(7-11(12)17(22)18(14)23)5-4-6-20(15,3)19(24)25-13/h5,7-9,13,15,21H,4,6H2,1-3H3. The van der Waals surface area contributed by atoms with Gasteiger partial charge in [0.05, 0.1) is 5.41 Å².